The lowest BCUT2D eigenvalue weighted by Gasteiger charge is -2.29. The van der Waals surface area contributed by atoms with Gasteiger partial charge in [0.15, 0.2) is 0 Å². The van der Waals surface area contributed by atoms with E-state index in [9.17, 15) is 9.59 Å². The smallest absolute Gasteiger partial charge is 0.328 e. The molecule has 0 bridgehead atoms. The van der Waals surface area contributed by atoms with Crippen LogP contribution in [0.25, 0.3) is 0 Å². The van der Waals surface area contributed by atoms with Gasteiger partial charge in [-0.1, -0.05) is 85.0 Å². The third kappa shape index (κ3) is 7.08. The zero-order valence-corrected chi connectivity index (χ0v) is 15.9. The van der Waals surface area contributed by atoms with E-state index >= 15 is 0 Å². The SMILES string of the molecule is C/C=C/C=C/C(=O)N(Cc1ccccc1)[C@H](/C=C/C(=O)O)Cc1ccccc1. The first-order valence-corrected chi connectivity index (χ1v) is 9.19. The van der Waals surface area contributed by atoms with E-state index in [-0.39, 0.29) is 11.9 Å². The van der Waals surface area contributed by atoms with Gasteiger partial charge in [0, 0.05) is 18.7 Å². The van der Waals surface area contributed by atoms with E-state index in [4.69, 9.17) is 5.11 Å². The van der Waals surface area contributed by atoms with Crippen LogP contribution in [0, 0.1) is 0 Å². The zero-order chi connectivity index (χ0) is 20.2. The van der Waals surface area contributed by atoms with E-state index in [1.807, 2.05) is 73.7 Å². The van der Waals surface area contributed by atoms with Crippen LogP contribution in [0.4, 0.5) is 0 Å². The Morgan fingerprint density at radius 2 is 1.54 bits per heavy atom. The Bertz CT molecular complexity index is 839. The predicted octanol–water partition coefficient (Wildman–Crippen LogP) is 4.40. The van der Waals surface area contributed by atoms with Crippen LogP contribution in [0.5, 0.6) is 0 Å². The number of carboxylic acids is 1. The highest BCUT2D eigenvalue weighted by Gasteiger charge is 2.21. The fourth-order valence-electron chi connectivity index (χ4n) is 2.81. The fourth-order valence-corrected chi connectivity index (χ4v) is 2.81. The number of benzene rings is 2. The van der Waals surface area contributed by atoms with E-state index in [1.165, 1.54) is 6.08 Å². The number of allylic oxidation sites excluding steroid dienone is 3. The average molecular weight is 375 g/mol. The van der Waals surface area contributed by atoms with Gasteiger partial charge in [-0.3, -0.25) is 4.79 Å². The molecule has 4 heteroatoms. The van der Waals surface area contributed by atoms with Crippen LogP contribution >= 0.6 is 0 Å². The molecule has 0 saturated heterocycles. The lowest BCUT2D eigenvalue weighted by atomic mass is 10.0. The number of hydrogen-bond acceptors (Lipinski definition) is 2. The van der Waals surface area contributed by atoms with E-state index in [0.717, 1.165) is 17.2 Å². The molecule has 1 N–H and O–H groups in total. The van der Waals surface area contributed by atoms with Crippen molar-refractivity contribution >= 4 is 11.9 Å². The molecule has 1 amide bonds. The monoisotopic (exact) mass is 375 g/mol. The quantitative estimate of drug-likeness (QED) is 0.522. The number of carbonyl (C=O) groups excluding carboxylic acids is 1. The molecule has 2 aromatic rings. The van der Waals surface area contributed by atoms with Crippen LogP contribution in [-0.4, -0.2) is 27.9 Å². The minimum absolute atomic E-state index is 0.169. The third-order valence-electron chi connectivity index (χ3n) is 4.17. The maximum absolute atomic E-state index is 12.9. The summed E-state index contributed by atoms with van der Waals surface area (Å²) in [5, 5.41) is 9.10. The summed E-state index contributed by atoms with van der Waals surface area (Å²) in [7, 11) is 0. The first-order chi connectivity index (χ1) is 13.6. The van der Waals surface area contributed by atoms with Gasteiger partial charge in [-0.05, 0) is 24.5 Å². The van der Waals surface area contributed by atoms with Gasteiger partial charge < -0.3 is 10.0 Å². The molecular formula is C24H25NO3. The van der Waals surface area contributed by atoms with Crippen molar-refractivity contribution in [1.82, 2.24) is 4.90 Å². The molecule has 0 aliphatic rings. The molecule has 0 radical (unpaired) electrons. The second-order valence-electron chi connectivity index (χ2n) is 6.29. The Morgan fingerprint density at radius 3 is 2.11 bits per heavy atom. The summed E-state index contributed by atoms with van der Waals surface area (Å²) in [6.07, 6.45) is 10.1. The van der Waals surface area contributed by atoms with Gasteiger partial charge >= 0.3 is 5.97 Å². The highest BCUT2D eigenvalue weighted by molar-refractivity contribution is 5.88. The minimum Gasteiger partial charge on any atom is -0.478 e. The molecule has 0 aliphatic carbocycles. The van der Waals surface area contributed by atoms with Crippen LogP contribution in [0.15, 0.2) is 97.1 Å². The number of aliphatic carboxylic acids is 1. The van der Waals surface area contributed by atoms with Crippen molar-refractivity contribution in [2.24, 2.45) is 0 Å². The van der Waals surface area contributed by atoms with Crippen LogP contribution in [0.1, 0.15) is 18.1 Å². The number of carbonyl (C=O) groups is 2. The number of carboxylic acid groups (broad SMARTS) is 1. The summed E-state index contributed by atoms with van der Waals surface area (Å²) in [6, 6.07) is 19.0. The lowest BCUT2D eigenvalue weighted by Crippen LogP contribution is -2.39. The van der Waals surface area contributed by atoms with Crippen molar-refractivity contribution in [3.63, 3.8) is 0 Å². The maximum atomic E-state index is 12.9. The third-order valence-corrected chi connectivity index (χ3v) is 4.17. The largest absolute Gasteiger partial charge is 0.478 e. The summed E-state index contributed by atoms with van der Waals surface area (Å²) in [6.45, 7) is 2.27. The van der Waals surface area contributed by atoms with Gasteiger partial charge in [0.05, 0.1) is 6.04 Å². The summed E-state index contributed by atoms with van der Waals surface area (Å²) in [4.78, 5) is 25.7. The molecule has 0 saturated carbocycles. The van der Waals surface area contributed by atoms with E-state index in [1.54, 1.807) is 23.1 Å². The van der Waals surface area contributed by atoms with Gasteiger partial charge in [0.1, 0.15) is 0 Å². The Labute approximate surface area is 166 Å². The minimum atomic E-state index is -1.03. The molecule has 2 rings (SSSR count). The molecule has 4 nitrogen and oxygen atoms in total. The number of rotatable bonds is 9. The summed E-state index contributed by atoms with van der Waals surface area (Å²) in [5.41, 5.74) is 2.02. The topological polar surface area (TPSA) is 57.6 Å². The Balaban J connectivity index is 2.36. The highest BCUT2D eigenvalue weighted by atomic mass is 16.4. The van der Waals surface area contributed by atoms with Crippen LogP contribution < -0.4 is 0 Å². The van der Waals surface area contributed by atoms with Crippen molar-refractivity contribution in [2.75, 3.05) is 0 Å². The fraction of sp³-hybridized carbons (Fsp3) is 0.167. The van der Waals surface area contributed by atoms with E-state index in [2.05, 4.69) is 0 Å². The molecule has 0 fully saturated rings. The maximum Gasteiger partial charge on any atom is 0.328 e. The molecule has 144 valence electrons. The molecule has 0 aliphatic heterocycles. The van der Waals surface area contributed by atoms with Crippen molar-refractivity contribution in [1.29, 1.82) is 0 Å². The highest BCUT2D eigenvalue weighted by Crippen LogP contribution is 2.16. The molecule has 1 atom stereocenters. The second kappa shape index (κ2) is 11.3. The van der Waals surface area contributed by atoms with Gasteiger partial charge in [-0.2, -0.15) is 0 Å². The van der Waals surface area contributed by atoms with E-state index in [0.29, 0.717) is 13.0 Å². The lowest BCUT2D eigenvalue weighted by molar-refractivity contribution is -0.132. The summed E-state index contributed by atoms with van der Waals surface area (Å²) < 4.78 is 0. The zero-order valence-electron chi connectivity index (χ0n) is 15.9. The molecule has 2 aromatic carbocycles. The normalized spacial score (nSPS) is 12.6. The van der Waals surface area contributed by atoms with Gasteiger partial charge in [0.25, 0.3) is 0 Å². The van der Waals surface area contributed by atoms with Crippen LogP contribution in [-0.2, 0) is 22.6 Å². The number of amides is 1. The predicted molar refractivity (Wildman–Crippen MR) is 112 cm³/mol. The van der Waals surface area contributed by atoms with Crippen molar-refractivity contribution in [2.45, 2.75) is 25.9 Å². The number of nitrogens with zero attached hydrogens (tertiary/aromatic N) is 1. The Morgan fingerprint density at radius 1 is 0.929 bits per heavy atom. The first kappa shape index (κ1) is 20.9. The molecule has 0 heterocycles. The molecular weight excluding hydrogens is 350 g/mol. The Hall–Kier alpha value is -3.40. The van der Waals surface area contributed by atoms with E-state index < -0.39 is 5.97 Å². The van der Waals surface area contributed by atoms with Crippen molar-refractivity contribution in [3.8, 4) is 0 Å². The van der Waals surface area contributed by atoms with Gasteiger partial charge in [-0.15, -0.1) is 0 Å². The summed E-state index contributed by atoms with van der Waals surface area (Å²) >= 11 is 0. The summed E-state index contributed by atoms with van der Waals surface area (Å²) in [5.74, 6) is -1.20. The molecule has 0 spiro atoms. The van der Waals surface area contributed by atoms with Crippen LogP contribution in [0.2, 0.25) is 0 Å². The first-order valence-electron chi connectivity index (χ1n) is 9.19. The van der Waals surface area contributed by atoms with Gasteiger partial charge in [-0.25, -0.2) is 4.79 Å². The Kier molecular flexibility index (Phi) is 8.47. The second-order valence-corrected chi connectivity index (χ2v) is 6.29. The van der Waals surface area contributed by atoms with Gasteiger partial charge in [0.2, 0.25) is 5.91 Å². The molecule has 28 heavy (non-hydrogen) atoms. The standard InChI is InChI=1S/C24H25NO3/c1-2-3-6-15-23(26)25(19-21-13-9-5-10-14-21)22(16-17-24(27)28)18-20-11-7-4-8-12-20/h2-17,22H,18-19H2,1H3,(H,27,28)/b3-2+,15-6+,17-16+/t22-/m1/s1. The molecule has 0 unspecified atom stereocenters. The number of hydrogen-bond donors (Lipinski definition) is 1. The van der Waals surface area contributed by atoms with Crippen molar-refractivity contribution < 1.29 is 14.7 Å². The molecule has 0 aromatic heterocycles. The average Bonchev–Trinajstić information content (AvgIpc) is 2.71. The van der Waals surface area contributed by atoms with Crippen molar-refractivity contribution in [3.05, 3.63) is 108 Å². The van der Waals surface area contributed by atoms with Crippen LogP contribution in [0.3, 0.4) is 0 Å².